The summed E-state index contributed by atoms with van der Waals surface area (Å²) in [6, 6.07) is 0.984. The topological polar surface area (TPSA) is 101 Å². The van der Waals surface area contributed by atoms with Crippen LogP contribution in [0.15, 0.2) is 24.7 Å². The molecule has 2 fully saturated rings. The number of halogens is 4. The lowest BCUT2D eigenvalue weighted by molar-refractivity contribution is -0.169. The van der Waals surface area contributed by atoms with Crippen LogP contribution >= 0.6 is 11.6 Å². The Morgan fingerprint density at radius 2 is 1.94 bits per heavy atom. The van der Waals surface area contributed by atoms with Gasteiger partial charge >= 0.3 is 12.1 Å². The van der Waals surface area contributed by atoms with Gasteiger partial charge in [-0.15, -0.1) is 0 Å². The lowest BCUT2D eigenvalue weighted by Crippen LogP contribution is -2.44. The van der Waals surface area contributed by atoms with Crippen LogP contribution in [0.25, 0.3) is 0 Å². The zero-order valence-electron chi connectivity index (χ0n) is 19.8. The second kappa shape index (κ2) is 10.5. The number of piperidine rings is 1. The van der Waals surface area contributed by atoms with Crippen molar-refractivity contribution in [1.29, 1.82) is 0 Å². The standard InChI is InChI=1S/C23H27ClF3N5O4/c1-13-11-31(17-7-20(35-2)29-8-16(17)24)4-3-18(13)36-21-10-28-19(9-30-21)32-12-14(23(25,26)27)5-15(32)6-22(33)34/h7-10,13-15,18H,3-6,11-12H2,1-2H3,(H,33,34). The Bertz CT molecular complexity index is 1070. The number of aromatic nitrogens is 3. The second-order valence-corrected chi connectivity index (χ2v) is 9.54. The summed E-state index contributed by atoms with van der Waals surface area (Å²) in [5.41, 5.74) is 0.830. The van der Waals surface area contributed by atoms with E-state index in [4.69, 9.17) is 26.2 Å². The molecule has 4 unspecified atom stereocenters. The van der Waals surface area contributed by atoms with Gasteiger partial charge in [0.05, 0.1) is 48.7 Å². The lowest BCUT2D eigenvalue weighted by atomic mass is 9.96. The molecule has 2 aromatic rings. The molecule has 2 saturated heterocycles. The summed E-state index contributed by atoms with van der Waals surface area (Å²) in [6.07, 6.45) is -0.300. The number of carboxylic acid groups (broad SMARTS) is 1. The van der Waals surface area contributed by atoms with Crippen LogP contribution in [0.2, 0.25) is 5.02 Å². The fourth-order valence-corrected chi connectivity index (χ4v) is 5.01. The van der Waals surface area contributed by atoms with E-state index in [0.717, 1.165) is 5.69 Å². The van der Waals surface area contributed by atoms with Crippen molar-refractivity contribution in [1.82, 2.24) is 15.0 Å². The van der Waals surface area contributed by atoms with Gasteiger partial charge in [-0.25, -0.2) is 15.0 Å². The summed E-state index contributed by atoms with van der Waals surface area (Å²) in [4.78, 5) is 27.3. The number of anilines is 2. The number of hydrogen-bond acceptors (Lipinski definition) is 8. The Morgan fingerprint density at radius 1 is 1.19 bits per heavy atom. The molecule has 0 aromatic carbocycles. The lowest BCUT2D eigenvalue weighted by Gasteiger charge is -2.38. The van der Waals surface area contributed by atoms with Crippen molar-refractivity contribution in [3.8, 4) is 11.8 Å². The third-order valence-corrected chi connectivity index (χ3v) is 6.95. The summed E-state index contributed by atoms with van der Waals surface area (Å²) in [7, 11) is 1.54. The Labute approximate surface area is 211 Å². The molecule has 0 aliphatic carbocycles. The normalized spacial score (nSPS) is 24.6. The van der Waals surface area contributed by atoms with Crippen LogP contribution in [0.4, 0.5) is 24.7 Å². The summed E-state index contributed by atoms with van der Waals surface area (Å²) in [5.74, 6) is -1.73. The number of carbonyl (C=O) groups is 1. The molecule has 0 amide bonds. The highest BCUT2D eigenvalue weighted by molar-refractivity contribution is 6.33. The molecule has 4 heterocycles. The smallest absolute Gasteiger partial charge is 0.393 e. The molecular formula is C23H27ClF3N5O4. The first-order valence-corrected chi connectivity index (χ1v) is 11.9. The molecule has 0 bridgehead atoms. The van der Waals surface area contributed by atoms with Gasteiger partial charge in [0, 0.05) is 44.1 Å². The highest BCUT2D eigenvalue weighted by Gasteiger charge is 2.48. The quantitative estimate of drug-likeness (QED) is 0.569. The maximum Gasteiger partial charge on any atom is 0.393 e. The van der Waals surface area contributed by atoms with Crippen LogP contribution in [-0.4, -0.2) is 71.1 Å². The highest BCUT2D eigenvalue weighted by Crippen LogP contribution is 2.39. The molecule has 196 valence electrons. The van der Waals surface area contributed by atoms with Crippen molar-refractivity contribution in [3.63, 3.8) is 0 Å². The maximum absolute atomic E-state index is 13.3. The van der Waals surface area contributed by atoms with E-state index in [1.807, 2.05) is 6.92 Å². The zero-order chi connectivity index (χ0) is 26.0. The minimum Gasteiger partial charge on any atom is -0.481 e. The number of nitrogens with zero attached hydrogens (tertiary/aromatic N) is 5. The van der Waals surface area contributed by atoms with Crippen molar-refractivity contribution >= 4 is 29.1 Å². The fourth-order valence-electron chi connectivity index (χ4n) is 4.78. The first-order valence-electron chi connectivity index (χ1n) is 11.5. The minimum absolute atomic E-state index is 0.113. The number of methoxy groups -OCH3 is 1. The third-order valence-electron chi connectivity index (χ3n) is 6.65. The summed E-state index contributed by atoms with van der Waals surface area (Å²) < 4.78 is 51.0. The van der Waals surface area contributed by atoms with Crippen LogP contribution in [0.5, 0.6) is 11.8 Å². The largest absolute Gasteiger partial charge is 0.481 e. The van der Waals surface area contributed by atoms with Gasteiger partial charge in [-0.3, -0.25) is 4.79 Å². The molecule has 0 radical (unpaired) electrons. The Hall–Kier alpha value is -3.02. The van der Waals surface area contributed by atoms with E-state index in [0.29, 0.717) is 30.4 Å². The molecule has 2 aliphatic rings. The van der Waals surface area contributed by atoms with Crippen molar-refractivity contribution in [3.05, 3.63) is 29.7 Å². The van der Waals surface area contributed by atoms with E-state index < -0.39 is 30.5 Å². The van der Waals surface area contributed by atoms with Crippen molar-refractivity contribution in [2.45, 2.75) is 44.5 Å². The summed E-state index contributed by atoms with van der Waals surface area (Å²) in [5, 5.41) is 9.66. The molecular weight excluding hydrogens is 503 g/mol. The number of pyridine rings is 1. The van der Waals surface area contributed by atoms with Gasteiger partial charge in [-0.1, -0.05) is 18.5 Å². The SMILES string of the molecule is COc1cc(N2CCC(Oc3cnc(N4CC(C(F)(F)F)CC4CC(=O)O)cn3)C(C)C2)c(Cl)cn1. The number of ether oxygens (including phenoxy) is 2. The van der Waals surface area contributed by atoms with E-state index in [1.54, 1.807) is 19.4 Å². The number of alkyl halides is 3. The van der Waals surface area contributed by atoms with Gasteiger partial charge in [0.25, 0.3) is 0 Å². The van der Waals surface area contributed by atoms with Crippen LogP contribution in [0, 0.1) is 11.8 Å². The monoisotopic (exact) mass is 529 g/mol. The summed E-state index contributed by atoms with van der Waals surface area (Å²) in [6.45, 7) is 3.04. The zero-order valence-corrected chi connectivity index (χ0v) is 20.5. The number of aliphatic carboxylic acids is 1. The van der Waals surface area contributed by atoms with Gasteiger partial charge in [-0.05, 0) is 6.42 Å². The van der Waals surface area contributed by atoms with E-state index >= 15 is 0 Å². The van der Waals surface area contributed by atoms with Gasteiger partial charge < -0.3 is 24.4 Å². The number of carboxylic acids is 1. The van der Waals surface area contributed by atoms with Gasteiger partial charge in [0.2, 0.25) is 11.8 Å². The van der Waals surface area contributed by atoms with Crippen LogP contribution in [-0.2, 0) is 4.79 Å². The molecule has 0 saturated carbocycles. The molecule has 4 rings (SSSR count). The maximum atomic E-state index is 13.3. The third kappa shape index (κ3) is 5.85. The van der Waals surface area contributed by atoms with E-state index in [2.05, 4.69) is 19.9 Å². The van der Waals surface area contributed by atoms with Crippen molar-refractivity contribution < 1.29 is 32.5 Å². The van der Waals surface area contributed by atoms with Gasteiger partial charge in [-0.2, -0.15) is 13.2 Å². The number of rotatable bonds is 7. The van der Waals surface area contributed by atoms with E-state index in [-0.39, 0.29) is 36.7 Å². The molecule has 2 aliphatic heterocycles. The van der Waals surface area contributed by atoms with Crippen LogP contribution < -0.4 is 19.3 Å². The Kier molecular flexibility index (Phi) is 7.62. The average Bonchev–Trinajstić information content (AvgIpc) is 3.25. The van der Waals surface area contributed by atoms with Crippen LogP contribution in [0.3, 0.4) is 0 Å². The number of hydrogen-bond donors (Lipinski definition) is 1. The molecule has 1 N–H and O–H groups in total. The molecule has 13 heteroatoms. The first-order chi connectivity index (χ1) is 17.0. The second-order valence-electron chi connectivity index (χ2n) is 9.14. The Morgan fingerprint density at radius 3 is 2.56 bits per heavy atom. The molecule has 9 nitrogen and oxygen atoms in total. The van der Waals surface area contributed by atoms with Gasteiger partial charge in [0.1, 0.15) is 11.9 Å². The van der Waals surface area contributed by atoms with E-state index in [1.165, 1.54) is 17.3 Å². The molecule has 36 heavy (non-hydrogen) atoms. The summed E-state index contributed by atoms with van der Waals surface area (Å²) >= 11 is 6.33. The van der Waals surface area contributed by atoms with Gasteiger partial charge in [0.15, 0.2) is 0 Å². The van der Waals surface area contributed by atoms with Crippen molar-refractivity contribution in [2.24, 2.45) is 11.8 Å². The molecule has 4 atom stereocenters. The molecule has 2 aromatic heterocycles. The Balaban J connectivity index is 1.40. The van der Waals surface area contributed by atoms with Crippen LogP contribution in [0.1, 0.15) is 26.2 Å². The predicted molar refractivity (Wildman–Crippen MR) is 126 cm³/mol. The minimum atomic E-state index is -4.40. The predicted octanol–water partition coefficient (Wildman–Crippen LogP) is 4.06. The molecule has 0 spiro atoms. The average molecular weight is 530 g/mol. The fraction of sp³-hybridized carbons (Fsp3) is 0.565. The van der Waals surface area contributed by atoms with E-state index in [9.17, 15) is 18.0 Å². The highest BCUT2D eigenvalue weighted by atomic mass is 35.5. The first kappa shape index (κ1) is 26.1. The van der Waals surface area contributed by atoms with Crippen molar-refractivity contribution in [2.75, 3.05) is 36.5 Å².